The molecular formula is C13H12ClFN2O2. The molecule has 0 aliphatic heterocycles. The van der Waals surface area contributed by atoms with Crippen LogP contribution in [-0.4, -0.2) is 9.72 Å². The van der Waals surface area contributed by atoms with E-state index in [1.54, 1.807) is 12.1 Å². The van der Waals surface area contributed by atoms with E-state index in [1.165, 1.54) is 10.6 Å². The van der Waals surface area contributed by atoms with Crippen LogP contribution >= 0.6 is 11.6 Å². The lowest BCUT2D eigenvalue weighted by molar-refractivity contribution is 0.371. The van der Waals surface area contributed by atoms with Crippen molar-refractivity contribution < 1.29 is 8.91 Å². The van der Waals surface area contributed by atoms with E-state index in [4.69, 9.17) is 11.6 Å². The van der Waals surface area contributed by atoms with Crippen LogP contribution in [0.25, 0.3) is 0 Å². The van der Waals surface area contributed by atoms with E-state index in [-0.39, 0.29) is 6.42 Å². The van der Waals surface area contributed by atoms with E-state index in [9.17, 15) is 9.18 Å². The molecule has 0 unspecified atom stereocenters. The monoisotopic (exact) mass is 282 g/mol. The maximum absolute atomic E-state index is 13.7. The molecule has 6 heteroatoms. The smallest absolute Gasteiger partial charge is 0.296 e. The van der Waals surface area contributed by atoms with E-state index >= 15 is 0 Å². The Kier molecular flexibility index (Phi) is 3.14. The molecule has 0 spiro atoms. The highest BCUT2D eigenvalue weighted by Gasteiger charge is 2.25. The second kappa shape index (κ2) is 4.81. The Morgan fingerprint density at radius 1 is 1.47 bits per heavy atom. The molecule has 3 rings (SSSR count). The number of hydrogen-bond donors (Lipinski definition) is 0. The summed E-state index contributed by atoms with van der Waals surface area (Å²) >= 11 is 5.97. The molecule has 1 fully saturated rings. The minimum absolute atomic E-state index is 0.157. The third-order valence-corrected chi connectivity index (χ3v) is 3.65. The van der Waals surface area contributed by atoms with E-state index in [0.29, 0.717) is 28.9 Å². The Morgan fingerprint density at radius 3 is 2.95 bits per heavy atom. The maximum atomic E-state index is 13.7. The first-order chi connectivity index (χ1) is 9.15. The van der Waals surface area contributed by atoms with Gasteiger partial charge in [0.2, 0.25) is 0 Å². The van der Waals surface area contributed by atoms with Crippen LogP contribution in [0.15, 0.2) is 27.5 Å². The van der Waals surface area contributed by atoms with E-state index in [1.807, 2.05) is 0 Å². The molecule has 2 aromatic rings. The third kappa shape index (κ3) is 2.56. The molecule has 19 heavy (non-hydrogen) atoms. The van der Waals surface area contributed by atoms with E-state index in [2.05, 4.69) is 9.68 Å². The predicted molar refractivity (Wildman–Crippen MR) is 67.7 cm³/mol. The zero-order chi connectivity index (χ0) is 13.4. The van der Waals surface area contributed by atoms with Gasteiger partial charge in [0.15, 0.2) is 5.82 Å². The lowest BCUT2D eigenvalue weighted by Crippen LogP contribution is -2.18. The first-order valence-corrected chi connectivity index (χ1v) is 6.51. The number of rotatable bonds is 4. The first-order valence-electron chi connectivity index (χ1n) is 6.13. The summed E-state index contributed by atoms with van der Waals surface area (Å²) in [5, 5.41) is 4.05. The van der Waals surface area contributed by atoms with Crippen molar-refractivity contribution in [1.29, 1.82) is 0 Å². The summed E-state index contributed by atoms with van der Waals surface area (Å²) in [6.07, 6.45) is 2.37. The van der Waals surface area contributed by atoms with Crippen molar-refractivity contribution in [1.82, 2.24) is 9.72 Å². The Morgan fingerprint density at radius 2 is 2.26 bits per heavy atom. The van der Waals surface area contributed by atoms with Crippen LogP contribution < -0.4 is 5.76 Å². The molecule has 1 saturated carbocycles. The SMILES string of the molecule is O=c1onc(Cc2c(F)cccc2Cl)n1CC1CC1. The van der Waals surface area contributed by atoms with Gasteiger partial charge in [-0.3, -0.25) is 9.09 Å². The molecule has 1 aromatic carbocycles. The normalized spacial score (nSPS) is 14.8. The highest BCUT2D eigenvalue weighted by molar-refractivity contribution is 6.31. The van der Waals surface area contributed by atoms with Gasteiger partial charge in [-0.05, 0) is 30.9 Å². The molecule has 1 heterocycles. The standard InChI is InChI=1S/C13H12ClFN2O2/c14-10-2-1-3-11(15)9(10)6-12-16-19-13(18)17(12)7-8-4-5-8/h1-3,8H,4-7H2. The van der Waals surface area contributed by atoms with Gasteiger partial charge in [-0.15, -0.1) is 0 Å². The Balaban J connectivity index is 1.92. The Hall–Kier alpha value is -1.62. The molecule has 0 amide bonds. The van der Waals surface area contributed by atoms with Gasteiger partial charge in [0.25, 0.3) is 0 Å². The Bertz CT molecular complexity index is 641. The van der Waals surface area contributed by atoms with E-state index < -0.39 is 11.6 Å². The lowest BCUT2D eigenvalue weighted by atomic mass is 10.1. The highest BCUT2D eigenvalue weighted by Crippen LogP contribution is 2.30. The summed E-state index contributed by atoms with van der Waals surface area (Å²) in [6.45, 7) is 0.587. The van der Waals surface area contributed by atoms with Gasteiger partial charge < -0.3 is 0 Å². The first kappa shape index (κ1) is 12.4. The van der Waals surface area contributed by atoms with Crippen LogP contribution in [0.4, 0.5) is 4.39 Å². The highest BCUT2D eigenvalue weighted by atomic mass is 35.5. The maximum Gasteiger partial charge on any atom is 0.441 e. The van der Waals surface area contributed by atoms with Crippen LogP contribution in [0.1, 0.15) is 24.2 Å². The number of nitrogens with zero attached hydrogens (tertiary/aromatic N) is 2. The molecule has 0 saturated heterocycles. The van der Waals surface area contributed by atoms with Gasteiger partial charge in [-0.2, -0.15) is 0 Å². The molecule has 0 radical (unpaired) electrons. The van der Waals surface area contributed by atoms with Gasteiger partial charge in [0.05, 0.1) is 0 Å². The molecule has 4 nitrogen and oxygen atoms in total. The predicted octanol–water partition coefficient (Wildman–Crippen LogP) is 2.63. The molecule has 0 N–H and O–H groups in total. The fourth-order valence-electron chi connectivity index (χ4n) is 2.02. The van der Waals surface area contributed by atoms with Gasteiger partial charge in [0.1, 0.15) is 5.82 Å². The molecule has 1 aliphatic carbocycles. The lowest BCUT2D eigenvalue weighted by Gasteiger charge is -2.06. The second-order valence-corrected chi connectivity index (χ2v) is 5.20. The van der Waals surface area contributed by atoms with Crippen molar-refractivity contribution in [2.45, 2.75) is 25.8 Å². The van der Waals surface area contributed by atoms with Gasteiger partial charge in [0, 0.05) is 23.6 Å². The summed E-state index contributed by atoms with van der Waals surface area (Å²) in [5.41, 5.74) is 0.335. The van der Waals surface area contributed by atoms with Crippen molar-refractivity contribution >= 4 is 11.6 Å². The molecule has 0 atom stereocenters. The van der Waals surface area contributed by atoms with Crippen LogP contribution in [0.3, 0.4) is 0 Å². The molecular weight excluding hydrogens is 271 g/mol. The zero-order valence-electron chi connectivity index (χ0n) is 10.1. The molecule has 0 bridgehead atoms. The quantitative estimate of drug-likeness (QED) is 0.866. The van der Waals surface area contributed by atoms with Gasteiger partial charge >= 0.3 is 5.76 Å². The molecule has 100 valence electrons. The number of benzene rings is 1. The van der Waals surface area contributed by atoms with Crippen LogP contribution in [0.5, 0.6) is 0 Å². The number of halogens is 2. The van der Waals surface area contributed by atoms with Gasteiger partial charge in [-0.25, -0.2) is 9.18 Å². The Labute approximate surface area is 113 Å². The molecule has 1 aromatic heterocycles. The fourth-order valence-corrected chi connectivity index (χ4v) is 2.25. The van der Waals surface area contributed by atoms with Crippen molar-refractivity contribution in [3.63, 3.8) is 0 Å². The number of hydrogen-bond acceptors (Lipinski definition) is 3. The minimum Gasteiger partial charge on any atom is -0.296 e. The summed E-state index contributed by atoms with van der Waals surface area (Å²) in [7, 11) is 0. The zero-order valence-corrected chi connectivity index (χ0v) is 10.9. The van der Waals surface area contributed by atoms with Crippen LogP contribution in [-0.2, 0) is 13.0 Å². The van der Waals surface area contributed by atoms with Crippen molar-refractivity contribution in [2.24, 2.45) is 5.92 Å². The summed E-state index contributed by atoms with van der Waals surface area (Å²) in [6, 6.07) is 4.50. The fraction of sp³-hybridized carbons (Fsp3) is 0.385. The van der Waals surface area contributed by atoms with Gasteiger partial charge in [-0.1, -0.05) is 22.8 Å². The summed E-state index contributed by atoms with van der Waals surface area (Å²) in [4.78, 5) is 11.6. The van der Waals surface area contributed by atoms with Crippen molar-refractivity contribution in [3.05, 3.63) is 51.0 Å². The van der Waals surface area contributed by atoms with Crippen molar-refractivity contribution in [2.75, 3.05) is 0 Å². The van der Waals surface area contributed by atoms with E-state index in [0.717, 1.165) is 12.8 Å². The average Bonchev–Trinajstić information content (AvgIpc) is 3.12. The van der Waals surface area contributed by atoms with Crippen molar-refractivity contribution in [3.8, 4) is 0 Å². The van der Waals surface area contributed by atoms with Crippen LogP contribution in [0.2, 0.25) is 5.02 Å². The van der Waals surface area contributed by atoms with Crippen LogP contribution in [0, 0.1) is 11.7 Å². The third-order valence-electron chi connectivity index (χ3n) is 3.30. The average molecular weight is 283 g/mol. The second-order valence-electron chi connectivity index (χ2n) is 4.80. The largest absolute Gasteiger partial charge is 0.441 e. The summed E-state index contributed by atoms with van der Waals surface area (Å²) in [5.74, 6) is 0.0334. The summed E-state index contributed by atoms with van der Waals surface area (Å²) < 4.78 is 19.9. The minimum atomic E-state index is -0.491. The topological polar surface area (TPSA) is 48.0 Å². The molecule has 1 aliphatic rings. The number of aromatic nitrogens is 2.